The average Bonchev–Trinajstić information content (AvgIpc) is 3.36. The fraction of sp³-hybridized carbons (Fsp3) is 0.768. The summed E-state index contributed by atoms with van der Waals surface area (Å²) in [6.07, 6.45) is 36.7. The number of ether oxygens (including phenoxy) is 6. The van der Waals surface area contributed by atoms with Gasteiger partial charge in [-0.05, 0) is 64.2 Å². The second kappa shape index (κ2) is 42.9. The maximum atomic E-state index is 13.0. The van der Waals surface area contributed by atoms with Crippen molar-refractivity contribution in [3.8, 4) is 0 Å². The van der Waals surface area contributed by atoms with E-state index in [1.165, 1.54) is 77.0 Å². The lowest BCUT2D eigenvalue weighted by atomic mass is 9.98. The molecule has 404 valence electrons. The van der Waals surface area contributed by atoms with E-state index in [-0.39, 0.29) is 19.6 Å². The van der Waals surface area contributed by atoms with Crippen molar-refractivity contribution in [3.05, 3.63) is 72.9 Å². The van der Waals surface area contributed by atoms with Gasteiger partial charge in [-0.3, -0.25) is 4.79 Å². The maximum absolute atomic E-state index is 13.0. The van der Waals surface area contributed by atoms with Gasteiger partial charge < -0.3 is 64.2 Å². The summed E-state index contributed by atoms with van der Waals surface area (Å²) in [5, 5.41) is 72.2. The molecule has 0 radical (unpaired) electrons. The van der Waals surface area contributed by atoms with Crippen LogP contribution in [-0.4, -0.2) is 142 Å². The van der Waals surface area contributed by atoms with E-state index in [9.17, 15) is 40.5 Å². The minimum Gasteiger partial charge on any atom is -0.457 e. The van der Waals surface area contributed by atoms with Crippen molar-refractivity contribution < 1.29 is 69.0 Å². The number of rotatable bonds is 42. The molecule has 7 N–H and O–H groups in total. The lowest BCUT2D eigenvalue weighted by Gasteiger charge is -2.42. The summed E-state index contributed by atoms with van der Waals surface area (Å²) in [5.41, 5.74) is 0. The third-order valence-corrected chi connectivity index (χ3v) is 12.5. The molecule has 2 aliphatic rings. The van der Waals surface area contributed by atoms with Crippen LogP contribution in [0.2, 0.25) is 0 Å². The van der Waals surface area contributed by atoms with Gasteiger partial charge in [0.2, 0.25) is 0 Å². The number of carbonyl (C=O) groups is 1. The van der Waals surface area contributed by atoms with Crippen molar-refractivity contribution in [2.24, 2.45) is 0 Å². The highest BCUT2D eigenvalue weighted by Gasteiger charge is 2.47. The van der Waals surface area contributed by atoms with Crippen molar-refractivity contribution in [1.29, 1.82) is 0 Å². The molecule has 14 nitrogen and oxygen atoms in total. The summed E-state index contributed by atoms with van der Waals surface area (Å²) in [5.74, 6) is -0.418. The minimum absolute atomic E-state index is 0.0422. The van der Waals surface area contributed by atoms with Crippen LogP contribution < -0.4 is 0 Å². The molecule has 14 heteroatoms. The Bertz CT molecular complexity index is 1430. The van der Waals surface area contributed by atoms with Gasteiger partial charge in [0.1, 0.15) is 54.9 Å². The Kier molecular flexibility index (Phi) is 38.9. The lowest BCUT2D eigenvalue weighted by molar-refractivity contribution is -0.332. The van der Waals surface area contributed by atoms with Crippen LogP contribution in [0.15, 0.2) is 72.9 Å². The molecule has 2 saturated heterocycles. The largest absolute Gasteiger partial charge is 0.457 e. The maximum Gasteiger partial charge on any atom is 0.306 e. The number of carbonyl (C=O) groups excluding carboxylic acids is 1. The minimum atomic E-state index is -1.72. The van der Waals surface area contributed by atoms with Crippen LogP contribution in [-0.2, 0) is 33.2 Å². The first-order valence-electron chi connectivity index (χ1n) is 27.0. The Morgan fingerprint density at radius 1 is 0.486 bits per heavy atom. The molecule has 0 aromatic carbocycles. The average molecular weight is 993 g/mol. The topological polar surface area (TPSA) is 214 Å². The quantitative estimate of drug-likeness (QED) is 0.0173. The molecule has 0 aromatic heterocycles. The van der Waals surface area contributed by atoms with Crippen LogP contribution in [0.5, 0.6) is 0 Å². The zero-order valence-electron chi connectivity index (χ0n) is 43.0. The van der Waals surface area contributed by atoms with Crippen molar-refractivity contribution >= 4 is 5.97 Å². The van der Waals surface area contributed by atoms with Gasteiger partial charge in [-0.1, -0.05) is 177 Å². The van der Waals surface area contributed by atoms with E-state index in [0.717, 1.165) is 70.6 Å². The number of esters is 1. The SMILES string of the molecule is CC/C=C\C/C=C\C/C=C\C/C=C\C/C=C\C/C=C\CCCCC(=O)OC(COCCCCCCCCCCCCCCCCC)COC1OC(COC2OC(CO)C(O)C(O)C2O)C(O)C(O)C1O. The third kappa shape index (κ3) is 29.8. The van der Waals surface area contributed by atoms with Crippen LogP contribution in [0, 0.1) is 0 Å². The van der Waals surface area contributed by atoms with E-state index in [1.807, 2.05) is 0 Å². The second-order valence-electron chi connectivity index (χ2n) is 18.7. The standard InChI is InChI=1S/C56H96O14/c1-3-5-7-9-11-13-15-17-19-20-21-22-23-24-25-27-29-31-33-35-37-39-48(58)68-45(42-65-40-38-36-34-32-30-28-26-18-16-14-12-10-8-6-4-2)43-66-55-54(64)52(62)50(60)47(70-55)44-67-56-53(63)51(61)49(59)46(41-57)69-56/h5,7,11,13,17,19,21-22,24-25,29,31,45-47,49-57,59-64H,3-4,6,8-10,12,14-16,18,20,23,26-28,30,32-44H2,1-2H3/b7-5-,13-11-,19-17-,22-21-,25-24-,31-29-. The van der Waals surface area contributed by atoms with Gasteiger partial charge >= 0.3 is 5.97 Å². The van der Waals surface area contributed by atoms with Crippen LogP contribution in [0.3, 0.4) is 0 Å². The highest BCUT2D eigenvalue weighted by Crippen LogP contribution is 2.26. The summed E-state index contributed by atoms with van der Waals surface area (Å²) in [6.45, 7) is 3.52. The van der Waals surface area contributed by atoms with Crippen molar-refractivity contribution in [3.63, 3.8) is 0 Å². The van der Waals surface area contributed by atoms with Crippen LogP contribution >= 0.6 is 0 Å². The highest BCUT2D eigenvalue weighted by molar-refractivity contribution is 5.69. The van der Waals surface area contributed by atoms with E-state index in [1.54, 1.807) is 0 Å². The molecule has 11 atom stereocenters. The number of aliphatic hydroxyl groups is 7. The molecule has 2 rings (SSSR count). The van der Waals surface area contributed by atoms with E-state index in [0.29, 0.717) is 13.0 Å². The van der Waals surface area contributed by atoms with Gasteiger partial charge in [0.05, 0.1) is 26.4 Å². The Balaban J connectivity index is 1.78. The molecule has 11 unspecified atom stereocenters. The predicted molar refractivity (Wildman–Crippen MR) is 275 cm³/mol. The first-order valence-corrected chi connectivity index (χ1v) is 27.0. The number of allylic oxidation sites excluding steroid dienone is 12. The van der Waals surface area contributed by atoms with Gasteiger partial charge in [-0.25, -0.2) is 0 Å². The molecule has 2 heterocycles. The number of hydrogen-bond donors (Lipinski definition) is 7. The third-order valence-electron chi connectivity index (χ3n) is 12.5. The molecule has 0 aromatic rings. The smallest absolute Gasteiger partial charge is 0.306 e. The summed E-state index contributed by atoms with van der Waals surface area (Å²) in [4.78, 5) is 13.0. The highest BCUT2D eigenvalue weighted by atomic mass is 16.7. The van der Waals surface area contributed by atoms with Gasteiger partial charge in [0.25, 0.3) is 0 Å². The van der Waals surface area contributed by atoms with E-state index >= 15 is 0 Å². The Hall–Kier alpha value is -2.57. The summed E-state index contributed by atoms with van der Waals surface area (Å²) < 4.78 is 34.3. The normalized spacial score (nSPS) is 26.1. The molecule has 0 aliphatic carbocycles. The zero-order valence-corrected chi connectivity index (χ0v) is 43.0. The molecular formula is C56H96O14. The van der Waals surface area contributed by atoms with E-state index in [4.69, 9.17) is 28.4 Å². The van der Waals surface area contributed by atoms with E-state index in [2.05, 4.69) is 86.8 Å². The summed E-state index contributed by atoms with van der Waals surface area (Å²) in [7, 11) is 0. The van der Waals surface area contributed by atoms with Gasteiger partial charge in [-0.2, -0.15) is 0 Å². The lowest BCUT2D eigenvalue weighted by Crippen LogP contribution is -2.61. The van der Waals surface area contributed by atoms with Crippen molar-refractivity contribution in [2.75, 3.05) is 33.0 Å². The van der Waals surface area contributed by atoms with Crippen LogP contribution in [0.25, 0.3) is 0 Å². The number of unbranched alkanes of at least 4 members (excludes halogenated alkanes) is 16. The van der Waals surface area contributed by atoms with Crippen molar-refractivity contribution in [1.82, 2.24) is 0 Å². The first kappa shape index (κ1) is 63.5. The molecular weight excluding hydrogens is 897 g/mol. The van der Waals surface area contributed by atoms with Crippen LogP contribution in [0.1, 0.15) is 174 Å². The van der Waals surface area contributed by atoms with E-state index < -0.39 is 86.7 Å². The summed E-state index contributed by atoms with van der Waals surface area (Å²) >= 11 is 0. The molecule has 0 saturated carbocycles. The first-order chi connectivity index (χ1) is 34.1. The Morgan fingerprint density at radius 3 is 1.43 bits per heavy atom. The fourth-order valence-electron chi connectivity index (χ4n) is 8.11. The number of hydrogen-bond acceptors (Lipinski definition) is 14. The van der Waals surface area contributed by atoms with Gasteiger partial charge in [0.15, 0.2) is 12.6 Å². The predicted octanol–water partition coefficient (Wildman–Crippen LogP) is 8.68. The molecule has 0 spiro atoms. The zero-order chi connectivity index (χ0) is 50.9. The van der Waals surface area contributed by atoms with Gasteiger partial charge in [0, 0.05) is 13.0 Å². The Morgan fingerprint density at radius 2 is 0.929 bits per heavy atom. The Labute approximate surface area is 421 Å². The molecule has 0 bridgehead atoms. The molecule has 2 aliphatic heterocycles. The van der Waals surface area contributed by atoms with Crippen molar-refractivity contribution in [2.45, 2.75) is 242 Å². The molecule has 0 amide bonds. The molecule has 2 fully saturated rings. The number of aliphatic hydroxyl groups excluding tert-OH is 7. The summed E-state index contributed by atoms with van der Waals surface area (Å²) in [6, 6.07) is 0. The second-order valence-corrected chi connectivity index (χ2v) is 18.7. The molecule has 70 heavy (non-hydrogen) atoms. The van der Waals surface area contributed by atoms with Gasteiger partial charge in [-0.15, -0.1) is 0 Å². The fourth-order valence-corrected chi connectivity index (χ4v) is 8.11. The van der Waals surface area contributed by atoms with Crippen LogP contribution in [0.4, 0.5) is 0 Å². The monoisotopic (exact) mass is 993 g/mol.